The van der Waals surface area contributed by atoms with Crippen LogP contribution in [0.5, 0.6) is 0 Å². The van der Waals surface area contributed by atoms with Crippen LogP contribution in [0.2, 0.25) is 0 Å². The van der Waals surface area contributed by atoms with Gasteiger partial charge in [-0.25, -0.2) is 0 Å². The second-order valence-corrected chi connectivity index (χ2v) is 6.59. The predicted molar refractivity (Wildman–Crippen MR) is 72.9 cm³/mol. The number of nitrogens with zero attached hydrogens (tertiary/aromatic N) is 1. The van der Waals surface area contributed by atoms with Crippen molar-refractivity contribution in [3.8, 4) is 0 Å². The smallest absolute Gasteiger partial charge is 0.0527 e. The van der Waals surface area contributed by atoms with Crippen LogP contribution >= 0.6 is 0 Å². The standard InChI is InChI=1S/C14H30N2O/c1-11(17)9-12-7-5-6-8-16(12)13(10-15)14(2,3)4/h11-13,17H,5-10,15H2,1-4H3. The van der Waals surface area contributed by atoms with Crippen molar-refractivity contribution in [1.29, 1.82) is 0 Å². The van der Waals surface area contributed by atoms with Gasteiger partial charge in [-0.2, -0.15) is 0 Å². The zero-order valence-electron chi connectivity index (χ0n) is 11.9. The van der Waals surface area contributed by atoms with Gasteiger partial charge in [0.25, 0.3) is 0 Å². The van der Waals surface area contributed by atoms with E-state index in [1.165, 1.54) is 19.3 Å². The van der Waals surface area contributed by atoms with Crippen LogP contribution in [0.1, 0.15) is 53.4 Å². The minimum absolute atomic E-state index is 0.209. The molecule has 0 aromatic heterocycles. The van der Waals surface area contributed by atoms with E-state index in [0.717, 1.165) is 13.0 Å². The highest BCUT2D eigenvalue weighted by atomic mass is 16.3. The van der Waals surface area contributed by atoms with Crippen molar-refractivity contribution in [2.24, 2.45) is 11.1 Å². The van der Waals surface area contributed by atoms with Crippen molar-refractivity contribution < 1.29 is 5.11 Å². The molecule has 1 aliphatic rings. The quantitative estimate of drug-likeness (QED) is 0.792. The molecule has 3 atom stereocenters. The Bertz CT molecular complexity index is 223. The summed E-state index contributed by atoms with van der Waals surface area (Å²) in [5.74, 6) is 0. The minimum Gasteiger partial charge on any atom is -0.393 e. The van der Waals surface area contributed by atoms with Gasteiger partial charge in [0.15, 0.2) is 0 Å². The van der Waals surface area contributed by atoms with Crippen LogP contribution in [0.3, 0.4) is 0 Å². The lowest BCUT2D eigenvalue weighted by Crippen LogP contribution is -2.55. The van der Waals surface area contributed by atoms with E-state index in [0.29, 0.717) is 18.6 Å². The zero-order chi connectivity index (χ0) is 13.1. The van der Waals surface area contributed by atoms with Crippen LogP contribution in [0.25, 0.3) is 0 Å². The average molecular weight is 242 g/mol. The van der Waals surface area contributed by atoms with E-state index in [-0.39, 0.29) is 11.5 Å². The molecule has 0 amide bonds. The molecule has 1 aliphatic heterocycles. The molecule has 0 spiro atoms. The van der Waals surface area contributed by atoms with Crippen molar-refractivity contribution in [3.63, 3.8) is 0 Å². The van der Waals surface area contributed by atoms with E-state index in [9.17, 15) is 5.11 Å². The molecule has 3 heteroatoms. The third-order valence-corrected chi connectivity index (χ3v) is 3.91. The zero-order valence-corrected chi connectivity index (χ0v) is 11.9. The van der Waals surface area contributed by atoms with Gasteiger partial charge in [0.1, 0.15) is 0 Å². The number of hydrogen-bond acceptors (Lipinski definition) is 3. The number of rotatable bonds is 4. The summed E-state index contributed by atoms with van der Waals surface area (Å²) < 4.78 is 0. The molecular formula is C14H30N2O. The third-order valence-electron chi connectivity index (χ3n) is 3.91. The lowest BCUT2D eigenvalue weighted by Gasteiger charge is -2.46. The van der Waals surface area contributed by atoms with Gasteiger partial charge >= 0.3 is 0 Å². The summed E-state index contributed by atoms with van der Waals surface area (Å²) >= 11 is 0. The lowest BCUT2D eigenvalue weighted by molar-refractivity contribution is 0.0160. The fourth-order valence-electron chi connectivity index (χ4n) is 3.07. The van der Waals surface area contributed by atoms with Crippen LogP contribution < -0.4 is 5.73 Å². The fourth-order valence-corrected chi connectivity index (χ4v) is 3.07. The monoisotopic (exact) mass is 242 g/mol. The predicted octanol–water partition coefficient (Wildman–Crippen LogP) is 1.99. The molecule has 1 heterocycles. The van der Waals surface area contributed by atoms with Crippen molar-refractivity contribution in [1.82, 2.24) is 4.90 Å². The van der Waals surface area contributed by atoms with E-state index < -0.39 is 0 Å². The van der Waals surface area contributed by atoms with Gasteiger partial charge in [-0.05, 0) is 38.1 Å². The minimum atomic E-state index is -0.209. The molecule has 3 unspecified atom stereocenters. The number of likely N-dealkylation sites (tertiary alicyclic amines) is 1. The Labute approximate surface area is 106 Å². The maximum atomic E-state index is 9.62. The Balaban J connectivity index is 2.75. The normalized spacial score (nSPS) is 26.8. The number of nitrogens with two attached hydrogens (primary N) is 1. The molecule has 0 saturated carbocycles. The maximum Gasteiger partial charge on any atom is 0.0527 e. The van der Waals surface area contributed by atoms with E-state index in [1.54, 1.807) is 0 Å². The SMILES string of the molecule is CC(O)CC1CCCCN1C(CN)C(C)(C)C. The molecular weight excluding hydrogens is 212 g/mol. The van der Waals surface area contributed by atoms with E-state index in [2.05, 4.69) is 25.7 Å². The topological polar surface area (TPSA) is 49.5 Å². The highest BCUT2D eigenvalue weighted by Gasteiger charge is 2.35. The Morgan fingerprint density at radius 3 is 2.47 bits per heavy atom. The fraction of sp³-hybridized carbons (Fsp3) is 1.00. The number of hydrogen-bond donors (Lipinski definition) is 2. The summed E-state index contributed by atoms with van der Waals surface area (Å²) in [5.41, 5.74) is 6.19. The van der Waals surface area contributed by atoms with E-state index in [1.807, 2.05) is 6.92 Å². The largest absolute Gasteiger partial charge is 0.393 e. The van der Waals surface area contributed by atoms with Crippen LogP contribution in [-0.2, 0) is 0 Å². The van der Waals surface area contributed by atoms with Crippen LogP contribution in [0.15, 0.2) is 0 Å². The van der Waals surface area contributed by atoms with Gasteiger partial charge in [0, 0.05) is 18.6 Å². The van der Waals surface area contributed by atoms with Crippen molar-refractivity contribution in [2.45, 2.75) is 71.6 Å². The van der Waals surface area contributed by atoms with Crippen molar-refractivity contribution >= 4 is 0 Å². The van der Waals surface area contributed by atoms with E-state index >= 15 is 0 Å². The summed E-state index contributed by atoms with van der Waals surface area (Å²) in [6.45, 7) is 10.5. The first-order chi connectivity index (χ1) is 7.86. The molecule has 0 bridgehead atoms. The molecule has 0 aromatic carbocycles. The highest BCUT2D eigenvalue weighted by Crippen LogP contribution is 2.31. The molecule has 0 aromatic rings. The molecule has 17 heavy (non-hydrogen) atoms. The first-order valence-electron chi connectivity index (χ1n) is 7.00. The van der Waals surface area contributed by atoms with Crippen LogP contribution in [0.4, 0.5) is 0 Å². The summed E-state index contributed by atoms with van der Waals surface area (Å²) in [6, 6.07) is 0.933. The van der Waals surface area contributed by atoms with Crippen molar-refractivity contribution in [3.05, 3.63) is 0 Å². The second-order valence-electron chi connectivity index (χ2n) is 6.59. The summed E-state index contributed by atoms with van der Waals surface area (Å²) in [5, 5.41) is 9.62. The van der Waals surface area contributed by atoms with E-state index in [4.69, 9.17) is 5.73 Å². The average Bonchev–Trinajstić information content (AvgIpc) is 2.18. The Hall–Kier alpha value is -0.120. The first kappa shape index (κ1) is 14.9. The van der Waals surface area contributed by atoms with Gasteiger partial charge in [-0.3, -0.25) is 4.90 Å². The lowest BCUT2D eigenvalue weighted by atomic mass is 9.82. The van der Waals surface area contributed by atoms with Gasteiger partial charge in [-0.1, -0.05) is 27.2 Å². The first-order valence-corrected chi connectivity index (χ1v) is 7.00. The van der Waals surface area contributed by atoms with Crippen molar-refractivity contribution in [2.75, 3.05) is 13.1 Å². The number of piperidine rings is 1. The van der Waals surface area contributed by atoms with Gasteiger partial charge in [-0.15, -0.1) is 0 Å². The molecule has 102 valence electrons. The summed E-state index contributed by atoms with van der Waals surface area (Å²) in [6.07, 6.45) is 4.43. The van der Waals surface area contributed by atoms with Crippen LogP contribution in [-0.4, -0.2) is 41.3 Å². The Morgan fingerprint density at radius 1 is 1.35 bits per heavy atom. The molecule has 3 N–H and O–H groups in total. The Morgan fingerprint density at radius 2 is 2.00 bits per heavy atom. The molecule has 1 saturated heterocycles. The number of aliphatic hydroxyl groups is 1. The second kappa shape index (κ2) is 6.17. The molecule has 1 rings (SSSR count). The summed E-state index contributed by atoms with van der Waals surface area (Å²) in [7, 11) is 0. The Kier molecular flexibility index (Phi) is 5.42. The maximum absolute atomic E-state index is 9.62. The molecule has 0 aliphatic carbocycles. The van der Waals surface area contributed by atoms with Gasteiger partial charge in [0.2, 0.25) is 0 Å². The number of aliphatic hydroxyl groups excluding tert-OH is 1. The molecule has 0 radical (unpaired) electrons. The molecule has 3 nitrogen and oxygen atoms in total. The highest BCUT2D eigenvalue weighted by molar-refractivity contribution is 4.90. The van der Waals surface area contributed by atoms with Crippen LogP contribution in [0, 0.1) is 5.41 Å². The van der Waals surface area contributed by atoms with Gasteiger partial charge in [0.05, 0.1) is 6.10 Å². The molecule has 1 fully saturated rings. The summed E-state index contributed by atoms with van der Waals surface area (Å²) in [4.78, 5) is 2.55. The van der Waals surface area contributed by atoms with Gasteiger partial charge < -0.3 is 10.8 Å². The third kappa shape index (κ3) is 4.23.